The third-order valence-corrected chi connectivity index (χ3v) is 5.24. The molecule has 0 aliphatic heterocycles. The highest BCUT2D eigenvalue weighted by Crippen LogP contribution is 2.36. The van der Waals surface area contributed by atoms with Gasteiger partial charge in [0.25, 0.3) is 0 Å². The molecule has 3 N–H and O–H groups in total. The van der Waals surface area contributed by atoms with Crippen molar-refractivity contribution in [2.24, 2.45) is 0 Å². The predicted molar refractivity (Wildman–Crippen MR) is 109 cm³/mol. The molecule has 4 aromatic rings. The normalized spacial score (nSPS) is 13.0. The van der Waals surface area contributed by atoms with Gasteiger partial charge in [0.2, 0.25) is 5.91 Å². The van der Waals surface area contributed by atoms with Crippen LogP contribution in [0.1, 0.15) is 29.1 Å². The van der Waals surface area contributed by atoms with Gasteiger partial charge >= 0.3 is 0 Å². The van der Waals surface area contributed by atoms with Crippen molar-refractivity contribution in [3.8, 4) is 5.69 Å². The average Bonchev–Trinajstić information content (AvgIpc) is 3.39. The van der Waals surface area contributed by atoms with Crippen molar-refractivity contribution < 1.29 is 9.32 Å². The van der Waals surface area contributed by atoms with Crippen molar-refractivity contribution in [2.75, 3.05) is 11.1 Å². The summed E-state index contributed by atoms with van der Waals surface area (Å²) in [5.41, 5.74) is 12.9. The smallest absolute Gasteiger partial charge is 0.232 e. The molecule has 0 spiro atoms. The summed E-state index contributed by atoms with van der Waals surface area (Å²) in [4.78, 5) is 20.9. The van der Waals surface area contributed by atoms with Crippen molar-refractivity contribution >= 4 is 28.4 Å². The van der Waals surface area contributed by atoms with Gasteiger partial charge in [-0.1, -0.05) is 5.16 Å². The topological polar surface area (TPSA) is 112 Å². The van der Waals surface area contributed by atoms with E-state index in [4.69, 9.17) is 10.3 Å². The Labute approximate surface area is 166 Å². The van der Waals surface area contributed by atoms with Gasteiger partial charge in [-0.25, -0.2) is 9.97 Å². The summed E-state index contributed by atoms with van der Waals surface area (Å²) in [5.74, 6) is 0.865. The number of nitrogens with one attached hydrogen (secondary N) is 1. The lowest BCUT2D eigenvalue weighted by Crippen LogP contribution is -2.14. The fourth-order valence-corrected chi connectivity index (χ4v) is 4.04. The van der Waals surface area contributed by atoms with Crippen molar-refractivity contribution in [1.82, 2.24) is 19.7 Å². The number of aryl methyl sites for hydroxylation is 2. The Balaban J connectivity index is 1.43. The number of nitrogens with zero attached hydrogens (tertiary/aromatic N) is 4. The van der Waals surface area contributed by atoms with Gasteiger partial charge in [0.1, 0.15) is 17.6 Å². The third kappa shape index (κ3) is 3.02. The molecule has 8 heteroatoms. The van der Waals surface area contributed by atoms with E-state index in [1.54, 1.807) is 6.07 Å². The first-order valence-electron chi connectivity index (χ1n) is 9.55. The number of amides is 1. The summed E-state index contributed by atoms with van der Waals surface area (Å²) in [6.07, 6.45) is 4.77. The molecule has 1 aliphatic rings. The first-order chi connectivity index (χ1) is 14.1. The second-order valence-corrected chi connectivity index (χ2v) is 7.28. The highest BCUT2D eigenvalue weighted by atomic mass is 16.5. The molecule has 8 nitrogen and oxygen atoms in total. The highest BCUT2D eigenvalue weighted by Gasteiger charge is 2.25. The number of hydrogen-bond acceptors (Lipinski definition) is 6. The summed E-state index contributed by atoms with van der Waals surface area (Å²) >= 11 is 0. The first-order valence-corrected chi connectivity index (χ1v) is 9.55. The van der Waals surface area contributed by atoms with Crippen LogP contribution < -0.4 is 11.1 Å². The number of carbonyl (C=O) groups excluding carboxylic acids is 1. The van der Waals surface area contributed by atoms with Crippen LogP contribution >= 0.6 is 0 Å². The number of hydrogen-bond donors (Lipinski definition) is 2. The first kappa shape index (κ1) is 17.4. The van der Waals surface area contributed by atoms with Crippen molar-refractivity contribution in [2.45, 2.75) is 32.6 Å². The summed E-state index contributed by atoms with van der Waals surface area (Å²) in [5, 5.41) is 6.69. The van der Waals surface area contributed by atoms with E-state index in [0.29, 0.717) is 17.3 Å². The molecular weight excluding hydrogens is 368 g/mol. The van der Waals surface area contributed by atoms with Crippen molar-refractivity contribution in [1.29, 1.82) is 0 Å². The van der Waals surface area contributed by atoms with Crippen LogP contribution in [-0.4, -0.2) is 25.6 Å². The number of carbonyl (C=O) groups is 1. The zero-order valence-corrected chi connectivity index (χ0v) is 16.0. The Bertz CT molecular complexity index is 1220. The minimum Gasteiger partial charge on any atom is -0.382 e. The fourth-order valence-electron chi connectivity index (χ4n) is 4.04. The van der Waals surface area contributed by atoms with E-state index in [9.17, 15) is 4.79 Å². The number of fused-ring (bicyclic) bond motifs is 3. The zero-order valence-electron chi connectivity index (χ0n) is 16.0. The Morgan fingerprint density at radius 2 is 2.07 bits per heavy atom. The quantitative estimate of drug-likeness (QED) is 0.556. The van der Waals surface area contributed by atoms with Crippen LogP contribution in [0, 0.1) is 6.92 Å². The van der Waals surface area contributed by atoms with Gasteiger partial charge < -0.3 is 20.1 Å². The molecule has 0 unspecified atom stereocenters. The van der Waals surface area contributed by atoms with Crippen LogP contribution in [0.5, 0.6) is 0 Å². The number of benzene rings is 1. The fraction of sp³-hybridized carbons (Fsp3) is 0.238. The average molecular weight is 388 g/mol. The van der Waals surface area contributed by atoms with Crippen LogP contribution in [0.15, 0.2) is 41.2 Å². The number of nitrogens with two attached hydrogens (primary N) is 1. The van der Waals surface area contributed by atoms with Gasteiger partial charge in [0.15, 0.2) is 5.82 Å². The highest BCUT2D eigenvalue weighted by molar-refractivity contribution is 5.93. The third-order valence-electron chi connectivity index (χ3n) is 5.24. The Morgan fingerprint density at radius 3 is 2.83 bits per heavy atom. The zero-order chi connectivity index (χ0) is 20.0. The maximum atomic E-state index is 12.2. The maximum absolute atomic E-state index is 12.2. The van der Waals surface area contributed by atoms with E-state index >= 15 is 0 Å². The molecule has 146 valence electrons. The van der Waals surface area contributed by atoms with Crippen molar-refractivity contribution in [3.63, 3.8) is 0 Å². The van der Waals surface area contributed by atoms with Crippen LogP contribution in [0.2, 0.25) is 0 Å². The molecule has 0 fully saturated rings. The molecule has 0 saturated heterocycles. The summed E-state index contributed by atoms with van der Waals surface area (Å²) in [7, 11) is 0. The Morgan fingerprint density at radius 1 is 1.24 bits per heavy atom. The van der Waals surface area contributed by atoms with Gasteiger partial charge in [-0.3, -0.25) is 4.79 Å². The van der Waals surface area contributed by atoms with Gasteiger partial charge in [-0.05, 0) is 56.0 Å². The van der Waals surface area contributed by atoms with Crippen LogP contribution in [-0.2, 0) is 24.1 Å². The van der Waals surface area contributed by atoms with E-state index in [2.05, 4.69) is 25.0 Å². The van der Waals surface area contributed by atoms with Gasteiger partial charge in [-0.2, -0.15) is 0 Å². The van der Waals surface area contributed by atoms with Crippen LogP contribution in [0.25, 0.3) is 16.7 Å². The van der Waals surface area contributed by atoms with Crippen LogP contribution in [0.4, 0.5) is 11.5 Å². The molecule has 3 aromatic heterocycles. The molecule has 0 radical (unpaired) electrons. The van der Waals surface area contributed by atoms with E-state index in [0.717, 1.165) is 41.7 Å². The van der Waals surface area contributed by atoms with Gasteiger partial charge in [0.05, 0.1) is 17.6 Å². The number of rotatable bonds is 4. The lowest BCUT2D eigenvalue weighted by molar-refractivity contribution is -0.115. The summed E-state index contributed by atoms with van der Waals surface area (Å²) in [6.45, 7) is 1.82. The van der Waals surface area contributed by atoms with Gasteiger partial charge in [0, 0.05) is 23.1 Å². The number of nitrogen functional groups attached to an aromatic ring is 1. The lowest BCUT2D eigenvalue weighted by Gasteiger charge is -2.11. The molecule has 1 aliphatic carbocycles. The second-order valence-electron chi connectivity index (χ2n) is 7.28. The molecule has 1 aromatic carbocycles. The molecular formula is C21H20N6O2. The largest absolute Gasteiger partial charge is 0.382 e. The standard InChI is InChI=1S/C21H20N6O2/c1-12-9-15(29-26-12)10-18(28)25-13-5-7-14(8-6-13)27-17-4-2-3-16(17)19-20(27)21(22)24-11-23-19/h5-9,11H,2-4,10H2,1H3,(H,25,28)(H2,22,23,24). The minimum atomic E-state index is -0.154. The molecule has 29 heavy (non-hydrogen) atoms. The lowest BCUT2D eigenvalue weighted by atomic mass is 10.2. The summed E-state index contributed by atoms with van der Waals surface area (Å²) in [6, 6.07) is 9.46. The molecule has 0 atom stereocenters. The van der Waals surface area contributed by atoms with E-state index in [1.165, 1.54) is 17.6 Å². The van der Waals surface area contributed by atoms with E-state index in [-0.39, 0.29) is 12.3 Å². The number of aromatic nitrogens is 4. The second kappa shape index (κ2) is 6.73. The van der Waals surface area contributed by atoms with E-state index in [1.807, 2.05) is 31.2 Å². The SMILES string of the molecule is Cc1cc(CC(=O)Nc2ccc(-n3c4c(c5ncnc(N)c53)CCC4)cc2)on1. The number of anilines is 2. The maximum Gasteiger partial charge on any atom is 0.232 e. The summed E-state index contributed by atoms with van der Waals surface area (Å²) < 4.78 is 7.25. The minimum absolute atomic E-state index is 0.145. The molecule has 3 heterocycles. The van der Waals surface area contributed by atoms with Gasteiger partial charge in [-0.15, -0.1) is 0 Å². The van der Waals surface area contributed by atoms with Crippen molar-refractivity contribution in [3.05, 3.63) is 59.4 Å². The molecule has 5 rings (SSSR count). The van der Waals surface area contributed by atoms with Crippen LogP contribution in [0.3, 0.4) is 0 Å². The molecule has 1 amide bonds. The monoisotopic (exact) mass is 388 g/mol. The Hall–Kier alpha value is -3.68. The van der Waals surface area contributed by atoms with E-state index < -0.39 is 0 Å². The molecule has 0 bridgehead atoms. The predicted octanol–water partition coefficient (Wildman–Crippen LogP) is 2.97. The Kier molecular flexibility index (Phi) is 4.04. The molecule has 0 saturated carbocycles.